The molecule has 0 fully saturated rings. The van der Waals surface area contributed by atoms with E-state index in [2.05, 4.69) is 0 Å². The van der Waals surface area contributed by atoms with E-state index in [1.165, 1.54) is 6.26 Å². The number of furan rings is 1. The lowest BCUT2D eigenvalue weighted by atomic mass is 10.2. The third-order valence-corrected chi connectivity index (χ3v) is 4.95. The molecule has 1 aromatic carbocycles. The Hall–Kier alpha value is -1.55. The lowest BCUT2D eigenvalue weighted by Gasteiger charge is -2.05. The summed E-state index contributed by atoms with van der Waals surface area (Å²) < 4.78 is 30.3. The minimum atomic E-state index is -3.48. The quantitative estimate of drug-likeness (QED) is 0.854. The van der Waals surface area contributed by atoms with Crippen molar-refractivity contribution in [1.82, 2.24) is 0 Å². The Labute approximate surface area is 107 Å². The van der Waals surface area contributed by atoms with Crippen molar-refractivity contribution in [2.24, 2.45) is 0 Å². The van der Waals surface area contributed by atoms with Gasteiger partial charge in [-0.15, -0.1) is 0 Å². The molecular formula is C14H16O3S. The van der Waals surface area contributed by atoms with Gasteiger partial charge >= 0.3 is 0 Å². The molecule has 3 nitrogen and oxygen atoms in total. The van der Waals surface area contributed by atoms with E-state index in [1.54, 1.807) is 31.2 Å². The molecule has 96 valence electrons. The maximum atomic E-state index is 12.5. The van der Waals surface area contributed by atoms with Gasteiger partial charge in [0.1, 0.15) is 10.7 Å². The minimum Gasteiger partial charge on any atom is -0.468 e. The first-order valence-corrected chi connectivity index (χ1v) is 7.34. The van der Waals surface area contributed by atoms with E-state index in [-0.39, 0.29) is 0 Å². The predicted molar refractivity (Wildman–Crippen MR) is 69.5 cm³/mol. The van der Waals surface area contributed by atoms with E-state index in [4.69, 9.17) is 4.42 Å². The average molecular weight is 264 g/mol. The molecule has 0 amide bonds. The fraction of sp³-hybridized carbons (Fsp3) is 0.286. The maximum absolute atomic E-state index is 12.5. The molecule has 0 saturated heterocycles. The molecule has 18 heavy (non-hydrogen) atoms. The molecular weight excluding hydrogens is 248 g/mol. The van der Waals surface area contributed by atoms with Gasteiger partial charge in [0.25, 0.3) is 0 Å². The molecule has 0 unspecified atom stereocenters. The van der Waals surface area contributed by atoms with Crippen molar-refractivity contribution < 1.29 is 12.8 Å². The first-order valence-electron chi connectivity index (χ1n) is 5.85. The molecule has 1 heterocycles. The summed E-state index contributed by atoms with van der Waals surface area (Å²) in [5.74, 6) is 0.451. The second-order valence-corrected chi connectivity index (χ2v) is 6.20. The molecule has 4 heteroatoms. The SMILES string of the molecule is CCc1coc(C)c1S(=O)(=O)c1ccc(C)cc1. The summed E-state index contributed by atoms with van der Waals surface area (Å²) in [7, 11) is -3.48. The van der Waals surface area contributed by atoms with E-state index in [9.17, 15) is 8.42 Å². The summed E-state index contributed by atoms with van der Waals surface area (Å²) >= 11 is 0. The fourth-order valence-electron chi connectivity index (χ4n) is 1.93. The summed E-state index contributed by atoms with van der Waals surface area (Å²) in [6.07, 6.45) is 2.16. The third kappa shape index (κ3) is 2.08. The van der Waals surface area contributed by atoms with Gasteiger partial charge in [0.2, 0.25) is 9.84 Å². The van der Waals surface area contributed by atoms with Gasteiger partial charge in [-0.25, -0.2) is 8.42 Å². The van der Waals surface area contributed by atoms with E-state index < -0.39 is 9.84 Å². The van der Waals surface area contributed by atoms with E-state index in [1.807, 2.05) is 13.8 Å². The lowest BCUT2D eigenvalue weighted by molar-refractivity contribution is 0.522. The van der Waals surface area contributed by atoms with Crippen LogP contribution in [0.15, 0.2) is 44.7 Å². The highest BCUT2D eigenvalue weighted by Crippen LogP contribution is 2.29. The largest absolute Gasteiger partial charge is 0.468 e. The second-order valence-electron chi connectivity index (χ2n) is 4.32. The van der Waals surface area contributed by atoms with Crippen LogP contribution in [-0.2, 0) is 16.3 Å². The van der Waals surface area contributed by atoms with E-state index in [0.717, 1.165) is 11.1 Å². The van der Waals surface area contributed by atoms with Crippen molar-refractivity contribution in [1.29, 1.82) is 0 Å². The summed E-state index contributed by atoms with van der Waals surface area (Å²) in [6, 6.07) is 6.87. The molecule has 2 aromatic rings. The van der Waals surface area contributed by atoms with Gasteiger partial charge in [-0.2, -0.15) is 0 Å². The standard InChI is InChI=1S/C14H16O3S/c1-4-12-9-17-11(3)14(12)18(15,16)13-7-5-10(2)6-8-13/h5-9H,4H2,1-3H3. The molecule has 0 aliphatic heterocycles. The number of sulfone groups is 1. The number of hydrogen-bond acceptors (Lipinski definition) is 3. The smallest absolute Gasteiger partial charge is 0.210 e. The van der Waals surface area contributed by atoms with Crippen molar-refractivity contribution in [3.8, 4) is 0 Å². The highest BCUT2D eigenvalue weighted by atomic mass is 32.2. The van der Waals surface area contributed by atoms with Crippen LogP contribution in [-0.4, -0.2) is 8.42 Å². The zero-order chi connectivity index (χ0) is 13.3. The Kier molecular flexibility index (Phi) is 3.30. The first kappa shape index (κ1) is 12.9. The number of benzene rings is 1. The third-order valence-electron chi connectivity index (χ3n) is 2.97. The van der Waals surface area contributed by atoms with Gasteiger partial charge in [-0.3, -0.25) is 0 Å². The number of aryl methyl sites for hydroxylation is 3. The van der Waals surface area contributed by atoms with Gasteiger partial charge in [0.05, 0.1) is 11.2 Å². The molecule has 0 aliphatic carbocycles. The summed E-state index contributed by atoms with van der Waals surface area (Å²) in [4.78, 5) is 0.626. The minimum absolute atomic E-state index is 0.312. The van der Waals surface area contributed by atoms with Crippen molar-refractivity contribution >= 4 is 9.84 Å². The first-order chi connectivity index (χ1) is 8.46. The van der Waals surface area contributed by atoms with Gasteiger partial charge in [-0.05, 0) is 32.4 Å². The van der Waals surface area contributed by atoms with Crippen molar-refractivity contribution in [3.63, 3.8) is 0 Å². The zero-order valence-corrected chi connectivity index (χ0v) is 11.5. The summed E-state index contributed by atoms with van der Waals surface area (Å²) in [5.41, 5.74) is 1.77. The molecule has 1 aromatic heterocycles. The molecule has 0 bridgehead atoms. The van der Waals surface area contributed by atoms with E-state index in [0.29, 0.717) is 22.0 Å². The van der Waals surface area contributed by atoms with Gasteiger partial charge in [-0.1, -0.05) is 24.6 Å². The van der Waals surface area contributed by atoms with Crippen LogP contribution in [0.3, 0.4) is 0 Å². The molecule has 0 N–H and O–H groups in total. The second kappa shape index (κ2) is 4.61. The highest BCUT2D eigenvalue weighted by molar-refractivity contribution is 7.91. The van der Waals surface area contributed by atoms with Crippen molar-refractivity contribution in [2.45, 2.75) is 37.0 Å². The number of hydrogen-bond donors (Lipinski definition) is 0. The maximum Gasteiger partial charge on any atom is 0.210 e. The van der Waals surface area contributed by atoms with Crippen LogP contribution in [0.2, 0.25) is 0 Å². The lowest BCUT2D eigenvalue weighted by Crippen LogP contribution is -2.05. The highest BCUT2D eigenvalue weighted by Gasteiger charge is 2.25. The van der Waals surface area contributed by atoms with Crippen molar-refractivity contribution in [2.75, 3.05) is 0 Å². The van der Waals surface area contributed by atoms with Crippen LogP contribution in [0.25, 0.3) is 0 Å². The Morgan fingerprint density at radius 2 is 1.72 bits per heavy atom. The van der Waals surface area contributed by atoms with Crippen molar-refractivity contribution in [3.05, 3.63) is 47.4 Å². The van der Waals surface area contributed by atoms with Crippen LogP contribution in [0.1, 0.15) is 23.8 Å². The van der Waals surface area contributed by atoms with Crippen LogP contribution in [0.4, 0.5) is 0 Å². The average Bonchev–Trinajstić information content (AvgIpc) is 2.71. The molecule has 0 spiro atoms. The Balaban J connectivity index is 2.61. The van der Waals surface area contributed by atoms with Crippen LogP contribution < -0.4 is 0 Å². The summed E-state index contributed by atoms with van der Waals surface area (Å²) in [5, 5.41) is 0. The normalized spacial score (nSPS) is 11.7. The van der Waals surface area contributed by atoms with Gasteiger partial charge < -0.3 is 4.42 Å². The molecule has 0 atom stereocenters. The van der Waals surface area contributed by atoms with Crippen LogP contribution >= 0.6 is 0 Å². The topological polar surface area (TPSA) is 47.3 Å². The van der Waals surface area contributed by atoms with Crippen LogP contribution in [0, 0.1) is 13.8 Å². The fourth-order valence-corrected chi connectivity index (χ4v) is 3.63. The monoisotopic (exact) mass is 264 g/mol. The summed E-state index contributed by atoms with van der Waals surface area (Å²) in [6.45, 7) is 5.52. The van der Waals surface area contributed by atoms with E-state index >= 15 is 0 Å². The molecule has 0 radical (unpaired) electrons. The van der Waals surface area contributed by atoms with Crippen LogP contribution in [0.5, 0.6) is 0 Å². The Bertz CT molecular complexity index is 649. The zero-order valence-electron chi connectivity index (χ0n) is 10.7. The molecule has 2 rings (SSSR count). The predicted octanol–water partition coefficient (Wildman–Crippen LogP) is 3.29. The van der Waals surface area contributed by atoms with Gasteiger partial charge in [0, 0.05) is 5.56 Å². The Morgan fingerprint density at radius 1 is 1.11 bits per heavy atom. The molecule has 0 aliphatic rings. The van der Waals surface area contributed by atoms with Gasteiger partial charge in [0.15, 0.2) is 0 Å². The molecule has 0 saturated carbocycles. The Morgan fingerprint density at radius 3 is 2.28 bits per heavy atom. The number of rotatable bonds is 3.